The SMILES string of the molecule is Cn1cc(N2CCN(I)CC2)cn1. The van der Waals surface area contributed by atoms with Crippen LogP contribution in [0, 0.1) is 0 Å². The monoisotopic (exact) mass is 292 g/mol. The zero-order chi connectivity index (χ0) is 9.26. The van der Waals surface area contributed by atoms with Gasteiger partial charge in [0.1, 0.15) is 0 Å². The maximum absolute atomic E-state index is 4.17. The van der Waals surface area contributed by atoms with E-state index in [1.807, 2.05) is 17.9 Å². The molecule has 0 saturated carbocycles. The van der Waals surface area contributed by atoms with Crippen molar-refractivity contribution in [2.75, 3.05) is 31.1 Å². The fourth-order valence-electron chi connectivity index (χ4n) is 1.51. The van der Waals surface area contributed by atoms with Gasteiger partial charge in [-0.25, -0.2) is 3.11 Å². The molecule has 72 valence electrons. The molecule has 0 amide bonds. The Bertz CT molecular complexity index is 277. The van der Waals surface area contributed by atoms with Gasteiger partial charge in [-0.15, -0.1) is 0 Å². The number of aryl methyl sites for hydroxylation is 1. The molecule has 1 saturated heterocycles. The Morgan fingerprint density at radius 3 is 2.54 bits per heavy atom. The van der Waals surface area contributed by atoms with Gasteiger partial charge in [0.2, 0.25) is 0 Å². The summed E-state index contributed by atoms with van der Waals surface area (Å²) in [5.41, 5.74) is 1.24. The third kappa shape index (κ3) is 2.14. The number of anilines is 1. The Morgan fingerprint density at radius 1 is 1.31 bits per heavy atom. The minimum Gasteiger partial charge on any atom is -0.366 e. The van der Waals surface area contributed by atoms with Crippen molar-refractivity contribution in [3.05, 3.63) is 12.4 Å². The lowest BCUT2D eigenvalue weighted by molar-refractivity contribution is 0.460. The summed E-state index contributed by atoms with van der Waals surface area (Å²) in [5, 5.41) is 4.17. The zero-order valence-corrected chi connectivity index (χ0v) is 9.81. The van der Waals surface area contributed by atoms with Gasteiger partial charge in [0, 0.05) is 62.3 Å². The van der Waals surface area contributed by atoms with Gasteiger partial charge in [0.25, 0.3) is 0 Å². The molecule has 1 aliphatic rings. The zero-order valence-electron chi connectivity index (χ0n) is 7.65. The number of hydrogen-bond acceptors (Lipinski definition) is 3. The molecule has 0 aromatic carbocycles. The molecule has 13 heavy (non-hydrogen) atoms. The second-order valence-corrected chi connectivity index (χ2v) is 4.63. The van der Waals surface area contributed by atoms with Crippen molar-refractivity contribution in [1.29, 1.82) is 0 Å². The Morgan fingerprint density at radius 2 is 2.00 bits per heavy atom. The summed E-state index contributed by atoms with van der Waals surface area (Å²) >= 11 is 2.38. The minimum atomic E-state index is 1.11. The van der Waals surface area contributed by atoms with E-state index in [4.69, 9.17) is 0 Å². The van der Waals surface area contributed by atoms with E-state index in [1.165, 1.54) is 5.69 Å². The van der Waals surface area contributed by atoms with Crippen LogP contribution in [0.5, 0.6) is 0 Å². The lowest BCUT2D eigenvalue weighted by atomic mass is 10.3. The molecule has 0 aliphatic carbocycles. The highest BCUT2D eigenvalue weighted by molar-refractivity contribution is 14.1. The summed E-state index contributed by atoms with van der Waals surface area (Å²) in [6, 6.07) is 0. The molecule has 0 bridgehead atoms. The molecule has 0 N–H and O–H groups in total. The van der Waals surface area contributed by atoms with Crippen LogP contribution in [0.4, 0.5) is 5.69 Å². The van der Waals surface area contributed by atoms with Crippen LogP contribution in [-0.2, 0) is 7.05 Å². The Labute approximate surface area is 92.0 Å². The highest BCUT2D eigenvalue weighted by Gasteiger charge is 2.15. The van der Waals surface area contributed by atoms with Gasteiger partial charge < -0.3 is 4.90 Å². The van der Waals surface area contributed by atoms with E-state index >= 15 is 0 Å². The fraction of sp³-hybridized carbons (Fsp3) is 0.625. The highest BCUT2D eigenvalue weighted by Crippen LogP contribution is 2.15. The number of hydrogen-bond donors (Lipinski definition) is 0. The number of piperazine rings is 1. The van der Waals surface area contributed by atoms with Gasteiger partial charge in [-0.2, -0.15) is 5.10 Å². The van der Waals surface area contributed by atoms with Crippen LogP contribution in [0.3, 0.4) is 0 Å². The maximum Gasteiger partial charge on any atom is 0.0753 e. The average Bonchev–Trinajstić information content (AvgIpc) is 2.53. The number of aromatic nitrogens is 2. The molecule has 4 nitrogen and oxygen atoms in total. The molecule has 0 atom stereocenters. The molecule has 2 heterocycles. The molecule has 0 radical (unpaired) electrons. The van der Waals surface area contributed by atoms with Gasteiger partial charge in [-0.3, -0.25) is 4.68 Å². The highest BCUT2D eigenvalue weighted by atomic mass is 127. The van der Waals surface area contributed by atoms with Crippen LogP contribution in [-0.4, -0.2) is 39.1 Å². The molecule has 0 unspecified atom stereocenters. The van der Waals surface area contributed by atoms with Gasteiger partial charge in [-0.1, -0.05) is 0 Å². The second-order valence-electron chi connectivity index (χ2n) is 3.27. The second kappa shape index (κ2) is 3.83. The van der Waals surface area contributed by atoms with Gasteiger partial charge in [0.05, 0.1) is 11.9 Å². The molecule has 0 spiro atoms. The molecule has 1 fully saturated rings. The van der Waals surface area contributed by atoms with Crippen LogP contribution in [0.25, 0.3) is 0 Å². The summed E-state index contributed by atoms with van der Waals surface area (Å²) in [6.07, 6.45) is 4.01. The van der Waals surface area contributed by atoms with Crippen LogP contribution >= 0.6 is 22.9 Å². The fourth-order valence-corrected chi connectivity index (χ4v) is 1.94. The summed E-state index contributed by atoms with van der Waals surface area (Å²) in [5.74, 6) is 0. The summed E-state index contributed by atoms with van der Waals surface area (Å²) < 4.78 is 4.18. The van der Waals surface area contributed by atoms with Crippen molar-refractivity contribution < 1.29 is 0 Å². The van der Waals surface area contributed by atoms with Crippen molar-refractivity contribution in [3.8, 4) is 0 Å². The average molecular weight is 292 g/mol. The first-order chi connectivity index (χ1) is 6.25. The lowest BCUT2D eigenvalue weighted by Gasteiger charge is -2.31. The summed E-state index contributed by atoms with van der Waals surface area (Å²) in [4.78, 5) is 2.38. The minimum absolute atomic E-state index is 1.11. The number of nitrogens with zero attached hydrogens (tertiary/aromatic N) is 4. The topological polar surface area (TPSA) is 24.3 Å². The van der Waals surface area contributed by atoms with E-state index in [0.717, 1.165) is 26.2 Å². The van der Waals surface area contributed by atoms with E-state index in [0.29, 0.717) is 0 Å². The predicted molar refractivity (Wildman–Crippen MR) is 61.0 cm³/mol. The lowest BCUT2D eigenvalue weighted by Crippen LogP contribution is -2.41. The van der Waals surface area contributed by atoms with E-state index in [2.05, 4.69) is 42.2 Å². The van der Waals surface area contributed by atoms with E-state index in [-0.39, 0.29) is 0 Å². The Hall–Kier alpha value is -0.300. The van der Waals surface area contributed by atoms with Crippen LogP contribution < -0.4 is 4.90 Å². The quantitative estimate of drug-likeness (QED) is 0.567. The van der Waals surface area contributed by atoms with Gasteiger partial charge in [-0.05, 0) is 0 Å². The van der Waals surface area contributed by atoms with Crippen LogP contribution in [0.15, 0.2) is 12.4 Å². The number of halogens is 1. The predicted octanol–water partition coefficient (Wildman–Crippen LogP) is 0.892. The van der Waals surface area contributed by atoms with E-state index in [9.17, 15) is 0 Å². The third-order valence-electron chi connectivity index (χ3n) is 2.28. The molecule has 1 aromatic rings. The molecule has 1 aliphatic heterocycles. The van der Waals surface area contributed by atoms with Gasteiger partial charge >= 0.3 is 0 Å². The first-order valence-corrected chi connectivity index (χ1v) is 5.36. The standard InChI is InChI=1S/C8H13IN4/c1-11-7-8(6-10-11)12-2-4-13(9)5-3-12/h6-7H,2-5H2,1H3. The van der Waals surface area contributed by atoms with E-state index in [1.54, 1.807) is 0 Å². The number of rotatable bonds is 1. The van der Waals surface area contributed by atoms with Crippen LogP contribution in [0.2, 0.25) is 0 Å². The largest absolute Gasteiger partial charge is 0.366 e. The normalized spacial score (nSPS) is 19.4. The molecule has 1 aromatic heterocycles. The van der Waals surface area contributed by atoms with Crippen molar-refractivity contribution in [1.82, 2.24) is 12.9 Å². The Kier molecular flexibility index (Phi) is 2.73. The van der Waals surface area contributed by atoms with Crippen molar-refractivity contribution >= 4 is 28.6 Å². The van der Waals surface area contributed by atoms with E-state index < -0.39 is 0 Å². The van der Waals surface area contributed by atoms with Crippen molar-refractivity contribution in [3.63, 3.8) is 0 Å². The molecule has 5 heteroatoms. The molecular weight excluding hydrogens is 279 g/mol. The first-order valence-electron chi connectivity index (χ1n) is 4.40. The van der Waals surface area contributed by atoms with Gasteiger partial charge in [0.15, 0.2) is 0 Å². The summed E-state index contributed by atoms with van der Waals surface area (Å²) in [6.45, 7) is 4.48. The molecule has 2 rings (SSSR count). The first kappa shape index (κ1) is 9.26. The summed E-state index contributed by atoms with van der Waals surface area (Å²) in [7, 11) is 1.96. The smallest absolute Gasteiger partial charge is 0.0753 e. The third-order valence-corrected chi connectivity index (χ3v) is 3.25. The van der Waals surface area contributed by atoms with Crippen molar-refractivity contribution in [2.24, 2.45) is 7.05 Å². The van der Waals surface area contributed by atoms with Crippen LogP contribution in [0.1, 0.15) is 0 Å². The Balaban J connectivity index is 2.02. The maximum atomic E-state index is 4.17. The molecular formula is C8H13IN4. The van der Waals surface area contributed by atoms with Crippen molar-refractivity contribution in [2.45, 2.75) is 0 Å².